The zero-order chi connectivity index (χ0) is 17.7. The molecule has 2 aromatic carbocycles. The van der Waals surface area contributed by atoms with Crippen molar-refractivity contribution in [2.45, 2.75) is 4.90 Å². The molecule has 24 heavy (non-hydrogen) atoms. The second-order valence-corrected chi connectivity index (χ2v) is 6.33. The number of rotatable bonds is 5. The van der Waals surface area contributed by atoms with E-state index in [1.54, 1.807) is 0 Å². The maximum Gasteiger partial charge on any atom is 0.337 e. The van der Waals surface area contributed by atoms with Crippen molar-refractivity contribution in [3.8, 4) is 11.8 Å². The average Bonchev–Trinajstić information content (AvgIpc) is 2.60. The molecular formula is C16H14N2O5S. The highest BCUT2D eigenvalue weighted by Crippen LogP contribution is 2.28. The number of nitrogens with one attached hydrogen (secondary N) is 1. The predicted octanol–water partition coefficient (Wildman–Crippen LogP) is 2.15. The summed E-state index contributed by atoms with van der Waals surface area (Å²) in [5.41, 5.74) is 0.625. The number of ether oxygens (including phenoxy) is 2. The van der Waals surface area contributed by atoms with Crippen LogP contribution >= 0.6 is 0 Å². The molecular weight excluding hydrogens is 332 g/mol. The van der Waals surface area contributed by atoms with Crippen LogP contribution in [0.15, 0.2) is 47.4 Å². The van der Waals surface area contributed by atoms with E-state index in [-0.39, 0.29) is 21.9 Å². The van der Waals surface area contributed by atoms with E-state index in [9.17, 15) is 13.2 Å². The first-order valence-corrected chi connectivity index (χ1v) is 8.19. The summed E-state index contributed by atoms with van der Waals surface area (Å²) in [7, 11) is -1.30. The van der Waals surface area contributed by atoms with E-state index in [1.807, 2.05) is 6.07 Å². The molecule has 7 nitrogen and oxygen atoms in total. The highest BCUT2D eigenvalue weighted by atomic mass is 32.2. The lowest BCUT2D eigenvalue weighted by molar-refractivity contribution is 0.0600. The van der Waals surface area contributed by atoms with Gasteiger partial charge in [-0.1, -0.05) is 0 Å². The van der Waals surface area contributed by atoms with Crippen molar-refractivity contribution in [1.82, 2.24) is 0 Å². The molecule has 0 unspecified atom stereocenters. The second kappa shape index (κ2) is 7.02. The fourth-order valence-electron chi connectivity index (χ4n) is 1.94. The molecule has 0 aromatic heterocycles. The topological polar surface area (TPSA) is 105 Å². The van der Waals surface area contributed by atoms with Gasteiger partial charge in [-0.15, -0.1) is 0 Å². The minimum Gasteiger partial charge on any atom is -0.495 e. The Morgan fingerprint density at radius 3 is 2.33 bits per heavy atom. The molecule has 0 aliphatic heterocycles. The Bertz CT molecular complexity index is 899. The van der Waals surface area contributed by atoms with Gasteiger partial charge < -0.3 is 9.47 Å². The first-order valence-electron chi connectivity index (χ1n) is 6.70. The average molecular weight is 346 g/mol. The van der Waals surface area contributed by atoms with E-state index >= 15 is 0 Å². The van der Waals surface area contributed by atoms with Crippen LogP contribution in [0.25, 0.3) is 0 Å². The summed E-state index contributed by atoms with van der Waals surface area (Å²) in [6.45, 7) is 0. The van der Waals surface area contributed by atoms with Crippen LogP contribution in [-0.4, -0.2) is 28.6 Å². The van der Waals surface area contributed by atoms with E-state index in [0.29, 0.717) is 5.56 Å². The van der Waals surface area contributed by atoms with Gasteiger partial charge in [-0.25, -0.2) is 13.2 Å². The van der Waals surface area contributed by atoms with Crippen molar-refractivity contribution in [1.29, 1.82) is 5.26 Å². The fourth-order valence-corrected chi connectivity index (χ4v) is 3.01. The summed E-state index contributed by atoms with van der Waals surface area (Å²) in [6.07, 6.45) is 0. The smallest absolute Gasteiger partial charge is 0.337 e. The third-order valence-electron chi connectivity index (χ3n) is 3.16. The Morgan fingerprint density at radius 2 is 1.79 bits per heavy atom. The van der Waals surface area contributed by atoms with Gasteiger partial charge in [-0.3, -0.25) is 4.72 Å². The molecule has 0 saturated heterocycles. The van der Waals surface area contributed by atoms with Gasteiger partial charge in [-0.05, 0) is 42.5 Å². The first kappa shape index (κ1) is 17.3. The summed E-state index contributed by atoms with van der Waals surface area (Å²) in [4.78, 5) is 11.6. The molecule has 0 bridgehead atoms. The first-order chi connectivity index (χ1) is 11.4. The molecule has 1 N–H and O–H groups in total. The molecule has 0 spiro atoms. The van der Waals surface area contributed by atoms with Crippen molar-refractivity contribution in [3.63, 3.8) is 0 Å². The molecule has 0 radical (unpaired) electrons. The maximum atomic E-state index is 12.5. The number of nitriles is 1. The highest BCUT2D eigenvalue weighted by molar-refractivity contribution is 7.92. The lowest BCUT2D eigenvalue weighted by atomic mass is 10.2. The maximum absolute atomic E-state index is 12.5. The minimum absolute atomic E-state index is 0.0213. The van der Waals surface area contributed by atoms with Gasteiger partial charge in [-0.2, -0.15) is 5.26 Å². The van der Waals surface area contributed by atoms with E-state index in [2.05, 4.69) is 9.46 Å². The van der Waals surface area contributed by atoms with E-state index < -0.39 is 16.0 Å². The Hall–Kier alpha value is -3.05. The molecule has 8 heteroatoms. The fraction of sp³-hybridized carbons (Fsp3) is 0.125. The molecule has 0 saturated carbocycles. The summed E-state index contributed by atoms with van der Waals surface area (Å²) >= 11 is 0. The highest BCUT2D eigenvalue weighted by Gasteiger charge is 2.18. The van der Waals surface area contributed by atoms with Crippen molar-refractivity contribution >= 4 is 21.7 Å². The Morgan fingerprint density at radius 1 is 1.12 bits per heavy atom. The number of carbonyl (C=O) groups excluding carboxylic acids is 1. The summed E-state index contributed by atoms with van der Waals surface area (Å²) < 4.78 is 37.0. The third kappa shape index (κ3) is 3.64. The number of anilines is 1. The van der Waals surface area contributed by atoms with E-state index in [4.69, 9.17) is 10.00 Å². The zero-order valence-corrected chi connectivity index (χ0v) is 13.8. The summed E-state index contributed by atoms with van der Waals surface area (Å²) in [5.74, 6) is -0.351. The van der Waals surface area contributed by atoms with Gasteiger partial charge in [0.1, 0.15) is 5.75 Å². The van der Waals surface area contributed by atoms with Crippen molar-refractivity contribution in [2.75, 3.05) is 18.9 Å². The second-order valence-electron chi connectivity index (χ2n) is 4.65. The number of sulfonamides is 1. The van der Waals surface area contributed by atoms with Crippen LogP contribution in [0.5, 0.6) is 5.75 Å². The van der Waals surface area contributed by atoms with Gasteiger partial charge in [0.05, 0.1) is 42.0 Å². The number of hydrogen-bond donors (Lipinski definition) is 1. The van der Waals surface area contributed by atoms with Gasteiger partial charge in [0, 0.05) is 0 Å². The van der Waals surface area contributed by atoms with Crippen LogP contribution in [0.4, 0.5) is 5.69 Å². The number of esters is 1. The van der Waals surface area contributed by atoms with Gasteiger partial charge >= 0.3 is 5.97 Å². The summed E-state index contributed by atoms with van der Waals surface area (Å²) in [6, 6.07) is 11.6. The largest absolute Gasteiger partial charge is 0.495 e. The molecule has 2 aromatic rings. The van der Waals surface area contributed by atoms with Crippen molar-refractivity contribution in [2.24, 2.45) is 0 Å². The van der Waals surface area contributed by atoms with Crippen molar-refractivity contribution in [3.05, 3.63) is 53.6 Å². The molecule has 0 heterocycles. The van der Waals surface area contributed by atoms with E-state index in [0.717, 1.165) is 0 Å². The molecule has 0 aliphatic carbocycles. The van der Waals surface area contributed by atoms with Crippen LogP contribution in [0.2, 0.25) is 0 Å². The normalized spacial score (nSPS) is 10.5. The SMILES string of the molecule is COC(=O)c1ccc(OC)c(NS(=O)(=O)c2ccc(C#N)cc2)c1. The number of nitrogens with zero attached hydrogens (tertiary/aromatic N) is 1. The number of hydrogen-bond acceptors (Lipinski definition) is 6. The molecule has 0 atom stereocenters. The van der Waals surface area contributed by atoms with Crippen LogP contribution < -0.4 is 9.46 Å². The van der Waals surface area contributed by atoms with Gasteiger partial charge in [0.2, 0.25) is 0 Å². The number of benzene rings is 2. The quantitative estimate of drug-likeness (QED) is 0.832. The monoisotopic (exact) mass is 346 g/mol. The zero-order valence-electron chi connectivity index (χ0n) is 12.9. The minimum atomic E-state index is -3.91. The third-order valence-corrected chi connectivity index (χ3v) is 4.54. The lowest BCUT2D eigenvalue weighted by Crippen LogP contribution is -2.14. The van der Waals surface area contributed by atoms with Crippen LogP contribution in [-0.2, 0) is 14.8 Å². The number of carbonyl (C=O) groups is 1. The lowest BCUT2D eigenvalue weighted by Gasteiger charge is -2.13. The Kier molecular flexibility index (Phi) is 5.06. The summed E-state index contributed by atoms with van der Waals surface area (Å²) in [5, 5.41) is 8.77. The Balaban J connectivity index is 2.40. The standard InChI is InChI=1S/C16H14N2O5S/c1-22-15-8-5-12(16(19)23-2)9-14(15)18-24(20,21)13-6-3-11(10-17)4-7-13/h3-9,18H,1-2H3. The molecule has 0 aliphatic rings. The van der Waals surface area contributed by atoms with Gasteiger partial charge in [0.15, 0.2) is 0 Å². The molecule has 124 valence electrons. The number of methoxy groups -OCH3 is 2. The molecule has 0 fully saturated rings. The molecule has 0 amide bonds. The predicted molar refractivity (Wildman–Crippen MR) is 86.3 cm³/mol. The molecule has 2 rings (SSSR count). The van der Waals surface area contributed by atoms with E-state index in [1.165, 1.54) is 56.7 Å². The Labute approximate surface area is 139 Å². The van der Waals surface area contributed by atoms with Crippen LogP contribution in [0, 0.1) is 11.3 Å². The van der Waals surface area contributed by atoms with Crippen LogP contribution in [0.1, 0.15) is 15.9 Å². The van der Waals surface area contributed by atoms with Gasteiger partial charge in [0.25, 0.3) is 10.0 Å². The van der Waals surface area contributed by atoms with Crippen LogP contribution in [0.3, 0.4) is 0 Å². The van der Waals surface area contributed by atoms with Crippen molar-refractivity contribution < 1.29 is 22.7 Å².